The molecule has 5 nitrogen and oxygen atoms in total. The third-order valence-electron chi connectivity index (χ3n) is 5.30. The molecular weight excluding hydrogens is 395 g/mol. The third kappa shape index (κ3) is 4.81. The molecule has 0 saturated carbocycles. The summed E-state index contributed by atoms with van der Waals surface area (Å²) in [6.07, 6.45) is -1.90. The van der Waals surface area contributed by atoms with E-state index in [1.165, 1.54) is 18.2 Å². The van der Waals surface area contributed by atoms with Gasteiger partial charge in [-0.25, -0.2) is 0 Å². The summed E-state index contributed by atoms with van der Waals surface area (Å²) in [4.78, 5) is 20.6. The number of nitrogens with zero attached hydrogens (tertiary/aromatic N) is 2. The number of aromatic amines is 1. The highest BCUT2D eigenvalue weighted by atomic mass is 19.4. The number of H-pyrrole nitrogens is 1. The zero-order valence-corrected chi connectivity index (χ0v) is 16.3. The lowest BCUT2D eigenvalue weighted by atomic mass is 9.97. The predicted octanol–water partition coefficient (Wildman–Crippen LogP) is 4.16. The molecule has 3 heterocycles. The van der Waals surface area contributed by atoms with Crippen molar-refractivity contribution in [3.63, 3.8) is 0 Å². The molecule has 0 radical (unpaired) electrons. The SMILES string of the molecule is O=c1ccc2ccc(OCCCCN3CCc4cc(C(F)(F)F)ccc4C3)nc2[nH]1. The Labute approximate surface area is 171 Å². The topological polar surface area (TPSA) is 58.2 Å². The molecule has 0 aliphatic carbocycles. The second kappa shape index (κ2) is 8.47. The fourth-order valence-electron chi connectivity index (χ4n) is 3.68. The number of hydrogen-bond acceptors (Lipinski definition) is 4. The molecule has 0 spiro atoms. The minimum Gasteiger partial charge on any atom is -0.478 e. The highest BCUT2D eigenvalue weighted by Crippen LogP contribution is 2.32. The van der Waals surface area contributed by atoms with Crippen LogP contribution in [0.2, 0.25) is 0 Å². The highest BCUT2D eigenvalue weighted by molar-refractivity contribution is 5.74. The molecule has 0 saturated heterocycles. The normalized spacial score (nSPS) is 14.6. The maximum absolute atomic E-state index is 12.8. The van der Waals surface area contributed by atoms with Crippen LogP contribution in [-0.4, -0.2) is 34.6 Å². The van der Waals surface area contributed by atoms with E-state index in [1.54, 1.807) is 18.2 Å². The van der Waals surface area contributed by atoms with Crippen LogP contribution in [-0.2, 0) is 19.1 Å². The summed E-state index contributed by atoms with van der Waals surface area (Å²) < 4.78 is 44.2. The molecule has 0 amide bonds. The molecule has 0 unspecified atom stereocenters. The zero-order valence-electron chi connectivity index (χ0n) is 16.3. The summed E-state index contributed by atoms with van der Waals surface area (Å²) in [5.74, 6) is 0.469. The predicted molar refractivity (Wildman–Crippen MR) is 108 cm³/mol. The monoisotopic (exact) mass is 417 g/mol. The van der Waals surface area contributed by atoms with Crippen molar-refractivity contribution in [3.8, 4) is 5.88 Å². The fourth-order valence-corrected chi connectivity index (χ4v) is 3.68. The van der Waals surface area contributed by atoms with Crippen LogP contribution in [0.15, 0.2) is 47.3 Å². The fraction of sp³-hybridized carbons (Fsp3) is 0.364. The molecule has 1 aliphatic heterocycles. The average molecular weight is 417 g/mol. The minimum atomic E-state index is -4.29. The Kier molecular flexibility index (Phi) is 5.76. The number of fused-ring (bicyclic) bond motifs is 2. The molecule has 2 aromatic heterocycles. The average Bonchev–Trinajstić information content (AvgIpc) is 2.72. The smallest absolute Gasteiger partial charge is 0.416 e. The van der Waals surface area contributed by atoms with E-state index in [4.69, 9.17) is 4.74 Å². The number of nitrogens with one attached hydrogen (secondary N) is 1. The Bertz CT molecular complexity index is 1090. The highest BCUT2D eigenvalue weighted by Gasteiger charge is 2.31. The van der Waals surface area contributed by atoms with Gasteiger partial charge >= 0.3 is 6.18 Å². The number of alkyl halides is 3. The lowest BCUT2D eigenvalue weighted by molar-refractivity contribution is -0.137. The molecule has 1 N–H and O–H groups in total. The first kappa shape index (κ1) is 20.4. The van der Waals surface area contributed by atoms with Gasteiger partial charge < -0.3 is 9.72 Å². The van der Waals surface area contributed by atoms with Gasteiger partial charge in [0, 0.05) is 30.6 Å². The van der Waals surface area contributed by atoms with Crippen LogP contribution in [0, 0.1) is 0 Å². The van der Waals surface area contributed by atoms with Crippen molar-refractivity contribution in [1.82, 2.24) is 14.9 Å². The Morgan fingerprint density at radius 3 is 2.73 bits per heavy atom. The standard InChI is InChI=1S/C22H22F3N3O2/c23-22(24,25)18-6-3-17-14-28(11-9-16(17)13-18)10-1-2-12-30-20-8-5-15-4-7-19(29)26-21(15)27-20/h3-8,13H,1-2,9-12,14H2,(H,26,27,29). The second-order valence-corrected chi connectivity index (χ2v) is 7.47. The van der Waals surface area contributed by atoms with Crippen LogP contribution in [0.5, 0.6) is 5.88 Å². The molecular formula is C22H22F3N3O2. The van der Waals surface area contributed by atoms with E-state index in [0.717, 1.165) is 42.4 Å². The van der Waals surface area contributed by atoms with E-state index in [2.05, 4.69) is 14.9 Å². The minimum absolute atomic E-state index is 0.204. The van der Waals surface area contributed by atoms with Crippen molar-refractivity contribution in [3.05, 3.63) is 69.5 Å². The van der Waals surface area contributed by atoms with E-state index in [0.29, 0.717) is 31.1 Å². The molecule has 8 heteroatoms. The first-order chi connectivity index (χ1) is 14.4. The van der Waals surface area contributed by atoms with Crippen molar-refractivity contribution in [2.24, 2.45) is 0 Å². The number of aromatic nitrogens is 2. The molecule has 1 aromatic carbocycles. The number of pyridine rings is 2. The lowest BCUT2D eigenvalue weighted by Crippen LogP contribution is -2.31. The van der Waals surface area contributed by atoms with Crippen molar-refractivity contribution < 1.29 is 17.9 Å². The van der Waals surface area contributed by atoms with Crippen LogP contribution in [0.4, 0.5) is 13.2 Å². The second-order valence-electron chi connectivity index (χ2n) is 7.47. The summed E-state index contributed by atoms with van der Waals surface area (Å²) in [6, 6.07) is 10.8. The van der Waals surface area contributed by atoms with Crippen LogP contribution >= 0.6 is 0 Å². The summed E-state index contributed by atoms with van der Waals surface area (Å²) >= 11 is 0. The Hall–Kier alpha value is -2.87. The Morgan fingerprint density at radius 1 is 1.07 bits per heavy atom. The number of rotatable bonds is 6. The molecule has 3 aromatic rings. The van der Waals surface area contributed by atoms with Crippen molar-refractivity contribution in [2.75, 3.05) is 19.7 Å². The van der Waals surface area contributed by atoms with E-state index < -0.39 is 11.7 Å². The first-order valence-corrected chi connectivity index (χ1v) is 9.93. The van der Waals surface area contributed by atoms with Gasteiger partial charge in [-0.2, -0.15) is 18.2 Å². The maximum Gasteiger partial charge on any atom is 0.416 e. The van der Waals surface area contributed by atoms with Crippen molar-refractivity contribution in [2.45, 2.75) is 32.0 Å². The number of benzene rings is 1. The zero-order chi connectivity index (χ0) is 21.1. The number of hydrogen-bond donors (Lipinski definition) is 1. The Morgan fingerprint density at radius 2 is 1.90 bits per heavy atom. The van der Waals surface area contributed by atoms with Gasteiger partial charge in [0.15, 0.2) is 0 Å². The third-order valence-corrected chi connectivity index (χ3v) is 5.30. The summed E-state index contributed by atoms with van der Waals surface area (Å²) in [7, 11) is 0. The largest absolute Gasteiger partial charge is 0.478 e. The number of halogens is 3. The van der Waals surface area contributed by atoms with E-state index in [-0.39, 0.29) is 5.56 Å². The van der Waals surface area contributed by atoms with Gasteiger partial charge in [0.2, 0.25) is 11.4 Å². The van der Waals surface area contributed by atoms with Crippen LogP contribution < -0.4 is 10.3 Å². The van der Waals surface area contributed by atoms with Gasteiger partial charge in [0.25, 0.3) is 0 Å². The first-order valence-electron chi connectivity index (χ1n) is 9.93. The number of ether oxygens (including phenoxy) is 1. The molecule has 1 aliphatic rings. The molecule has 0 fully saturated rings. The molecule has 30 heavy (non-hydrogen) atoms. The molecule has 4 rings (SSSR count). The van der Waals surface area contributed by atoms with Crippen molar-refractivity contribution in [1.29, 1.82) is 0 Å². The van der Waals surface area contributed by atoms with Crippen LogP contribution in [0.3, 0.4) is 0 Å². The summed E-state index contributed by atoms with van der Waals surface area (Å²) in [5, 5.41) is 0.842. The lowest BCUT2D eigenvalue weighted by Gasteiger charge is -2.29. The van der Waals surface area contributed by atoms with Gasteiger partial charge in [0.05, 0.1) is 12.2 Å². The molecule has 0 atom stereocenters. The summed E-state index contributed by atoms with van der Waals surface area (Å²) in [5.41, 5.74) is 1.49. The number of unbranched alkanes of at least 4 members (excludes halogenated alkanes) is 1. The van der Waals surface area contributed by atoms with E-state index in [9.17, 15) is 18.0 Å². The van der Waals surface area contributed by atoms with E-state index in [1.807, 2.05) is 6.07 Å². The summed E-state index contributed by atoms with van der Waals surface area (Å²) in [6.45, 7) is 2.81. The molecule has 158 valence electrons. The van der Waals surface area contributed by atoms with Gasteiger partial charge in [0.1, 0.15) is 5.65 Å². The van der Waals surface area contributed by atoms with Crippen LogP contribution in [0.25, 0.3) is 11.0 Å². The van der Waals surface area contributed by atoms with Gasteiger partial charge in [-0.3, -0.25) is 9.69 Å². The quantitative estimate of drug-likeness (QED) is 0.612. The Balaban J connectivity index is 1.23. The van der Waals surface area contributed by atoms with E-state index >= 15 is 0 Å². The van der Waals surface area contributed by atoms with Gasteiger partial charge in [-0.05, 0) is 61.2 Å². The van der Waals surface area contributed by atoms with Gasteiger partial charge in [-0.1, -0.05) is 6.07 Å². The van der Waals surface area contributed by atoms with Crippen LogP contribution in [0.1, 0.15) is 29.5 Å². The molecule has 0 bridgehead atoms. The maximum atomic E-state index is 12.8. The van der Waals surface area contributed by atoms with Gasteiger partial charge in [-0.15, -0.1) is 0 Å². The van der Waals surface area contributed by atoms with Crippen molar-refractivity contribution >= 4 is 11.0 Å².